The van der Waals surface area contributed by atoms with Crippen LogP contribution in [-0.4, -0.2) is 18.9 Å². The zero-order valence-electron chi connectivity index (χ0n) is 10.4. The molecule has 0 fully saturated rings. The first-order valence-corrected chi connectivity index (χ1v) is 7.38. The third-order valence-electron chi connectivity index (χ3n) is 2.43. The number of sulfone groups is 1. The van der Waals surface area contributed by atoms with Crippen molar-refractivity contribution in [3.8, 4) is 11.5 Å². The number of pyridine rings is 1. The number of ether oxygens (including phenoxy) is 1. The number of nitrogens with zero attached hydrogens (tertiary/aromatic N) is 1. The van der Waals surface area contributed by atoms with Gasteiger partial charge in [-0.1, -0.05) is 11.6 Å². The third-order valence-corrected chi connectivity index (χ3v) is 4.16. The molecule has 0 unspecified atom stereocenters. The van der Waals surface area contributed by atoms with E-state index in [1.165, 1.54) is 12.1 Å². The molecular formula is C12H6ClF4NO3S. The molecule has 0 radical (unpaired) electrons. The van der Waals surface area contributed by atoms with E-state index in [2.05, 4.69) is 4.98 Å². The van der Waals surface area contributed by atoms with Crippen molar-refractivity contribution < 1.29 is 30.7 Å². The monoisotopic (exact) mass is 355 g/mol. The van der Waals surface area contributed by atoms with E-state index >= 15 is 0 Å². The summed E-state index contributed by atoms with van der Waals surface area (Å²) in [6.07, 6.45) is 1.08. The van der Waals surface area contributed by atoms with E-state index in [1.54, 1.807) is 0 Å². The van der Waals surface area contributed by atoms with E-state index in [-0.39, 0.29) is 17.0 Å². The van der Waals surface area contributed by atoms with E-state index in [0.29, 0.717) is 0 Å². The Morgan fingerprint density at radius 3 is 2.36 bits per heavy atom. The highest BCUT2D eigenvalue weighted by atomic mass is 35.5. The average molecular weight is 356 g/mol. The van der Waals surface area contributed by atoms with Gasteiger partial charge in [0.15, 0.2) is 0 Å². The molecule has 4 nitrogen and oxygen atoms in total. The first-order chi connectivity index (χ1) is 10.1. The van der Waals surface area contributed by atoms with Crippen molar-refractivity contribution >= 4 is 21.4 Å². The molecule has 118 valence electrons. The Bertz CT molecular complexity index is 791. The summed E-state index contributed by atoms with van der Waals surface area (Å²) >= 11 is 5.54. The Morgan fingerprint density at radius 2 is 1.82 bits per heavy atom. The van der Waals surface area contributed by atoms with Gasteiger partial charge in [-0.15, -0.1) is 0 Å². The van der Waals surface area contributed by atoms with Gasteiger partial charge in [-0.3, -0.25) is 0 Å². The number of hydrogen-bond acceptors (Lipinski definition) is 4. The fourth-order valence-electron chi connectivity index (χ4n) is 1.45. The van der Waals surface area contributed by atoms with Gasteiger partial charge < -0.3 is 4.74 Å². The van der Waals surface area contributed by atoms with Gasteiger partial charge in [0.1, 0.15) is 27.4 Å². The summed E-state index contributed by atoms with van der Waals surface area (Å²) in [5, 5.41) is 0.106. The zero-order valence-corrected chi connectivity index (χ0v) is 12.0. The minimum Gasteiger partial charge on any atom is -0.454 e. The smallest absolute Gasteiger partial charge is 0.454 e. The van der Waals surface area contributed by atoms with Crippen LogP contribution in [0.2, 0.25) is 5.15 Å². The number of halogens is 5. The lowest BCUT2D eigenvalue weighted by atomic mass is 10.3. The van der Waals surface area contributed by atoms with E-state index in [1.807, 2.05) is 0 Å². The molecule has 2 aromatic rings. The number of aromatic nitrogens is 1. The molecule has 0 aliphatic heterocycles. The van der Waals surface area contributed by atoms with Gasteiger partial charge in [-0.25, -0.2) is 17.8 Å². The minimum atomic E-state index is -5.77. The average Bonchev–Trinajstić information content (AvgIpc) is 2.42. The second-order valence-corrected chi connectivity index (χ2v) is 6.26. The SMILES string of the molecule is O=S(=O)(c1cc(F)ccc1Oc1ccc(Cl)nc1)C(F)(F)F. The van der Waals surface area contributed by atoms with Gasteiger partial charge in [-0.05, 0) is 30.3 Å². The van der Waals surface area contributed by atoms with Crippen molar-refractivity contribution in [2.24, 2.45) is 0 Å². The van der Waals surface area contributed by atoms with Crippen molar-refractivity contribution in [3.05, 3.63) is 47.5 Å². The minimum absolute atomic E-state index is 0.0605. The highest BCUT2D eigenvalue weighted by Crippen LogP contribution is 2.37. The topological polar surface area (TPSA) is 56.3 Å². The van der Waals surface area contributed by atoms with Gasteiger partial charge >= 0.3 is 5.51 Å². The zero-order chi connectivity index (χ0) is 16.5. The van der Waals surface area contributed by atoms with E-state index in [4.69, 9.17) is 16.3 Å². The molecule has 0 spiro atoms. The summed E-state index contributed by atoms with van der Waals surface area (Å²) in [6, 6.07) is 4.35. The molecule has 0 saturated heterocycles. The van der Waals surface area contributed by atoms with Crippen LogP contribution in [0.3, 0.4) is 0 Å². The van der Waals surface area contributed by atoms with Crippen molar-refractivity contribution in [1.82, 2.24) is 4.98 Å². The van der Waals surface area contributed by atoms with Gasteiger partial charge in [0.25, 0.3) is 9.84 Å². The van der Waals surface area contributed by atoms with Crippen molar-refractivity contribution in [2.45, 2.75) is 10.4 Å². The molecule has 1 heterocycles. The summed E-state index contributed by atoms with van der Waals surface area (Å²) in [5.74, 6) is -1.89. The highest BCUT2D eigenvalue weighted by molar-refractivity contribution is 7.92. The highest BCUT2D eigenvalue weighted by Gasteiger charge is 2.48. The van der Waals surface area contributed by atoms with Crippen LogP contribution in [-0.2, 0) is 9.84 Å². The normalized spacial score (nSPS) is 12.2. The molecule has 1 aromatic carbocycles. The Labute approximate surface area is 127 Å². The van der Waals surface area contributed by atoms with E-state index < -0.39 is 31.8 Å². The van der Waals surface area contributed by atoms with Gasteiger partial charge in [0.2, 0.25) is 0 Å². The number of hydrogen-bond donors (Lipinski definition) is 0. The Balaban J connectivity index is 2.51. The predicted octanol–water partition coefficient (Wildman–Crippen LogP) is 3.96. The summed E-state index contributed by atoms with van der Waals surface area (Å²) < 4.78 is 79.0. The summed E-state index contributed by atoms with van der Waals surface area (Å²) in [6.45, 7) is 0. The lowest BCUT2D eigenvalue weighted by Gasteiger charge is -2.13. The quantitative estimate of drug-likeness (QED) is 0.617. The van der Waals surface area contributed by atoms with Crippen LogP contribution in [0.25, 0.3) is 0 Å². The van der Waals surface area contributed by atoms with Gasteiger partial charge in [-0.2, -0.15) is 13.2 Å². The molecule has 22 heavy (non-hydrogen) atoms. The van der Waals surface area contributed by atoms with Crippen LogP contribution in [0.5, 0.6) is 11.5 Å². The van der Waals surface area contributed by atoms with Gasteiger partial charge in [0.05, 0.1) is 6.20 Å². The first-order valence-electron chi connectivity index (χ1n) is 5.51. The van der Waals surface area contributed by atoms with Crippen LogP contribution in [0.4, 0.5) is 17.6 Å². The first kappa shape index (κ1) is 16.5. The molecule has 0 N–H and O–H groups in total. The maximum absolute atomic E-state index is 13.1. The van der Waals surface area contributed by atoms with Gasteiger partial charge in [0, 0.05) is 0 Å². The van der Waals surface area contributed by atoms with Crippen molar-refractivity contribution in [1.29, 1.82) is 0 Å². The predicted molar refractivity (Wildman–Crippen MR) is 69.0 cm³/mol. The Kier molecular flexibility index (Phi) is 4.30. The third kappa shape index (κ3) is 3.30. The Hall–Kier alpha value is -1.87. The standard InChI is InChI=1S/C12H6ClF4NO3S/c13-11-4-2-8(6-18-11)21-9-3-1-7(14)5-10(9)22(19,20)12(15,16)17/h1-6H. The Morgan fingerprint density at radius 1 is 1.14 bits per heavy atom. The molecular weight excluding hydrogens is 350 g/mol. The van der Waals surface area contributed by atoms with E-state index in [0.717, 1.165) is 18.3 Å². The summed E-state index contributed by atoms with van der Waals surface area (Å²) in [7, 11) is -5.77. The molecule has 10 heteroatoms. The number of benzene rings is 1. The van der Waals surface area contributed by atoms with Crippen LogP contribution in [0.15, 0.2) is 41.4 Å². The van der Waals surface area contributed by atoms with Crippen LogP contribution in [0.1, 0.15) is 0 Å². The van der Waals surface area contributed by atoms with Crippen molar-refractivity contribution in [3.63, 3.8) is 0 Å². The lowest BCUT2D eigenvalue weighted by Crippen LogP contribution is -2.23. The molecule has 0 amide bonds. The van der Waals surface area contributed by atoms with Crippen LogP contribution >= 0.6 is 11.6 Å². The molecule has 0 bridgehead atoms. The number of alkyl halides is 3. The second kappa shape index (κ2) is 5.73. The summed E-state index contributed by atoms with van der Waals surface area (Å²) in [4.78, 5) is 2.30. The maximum Gasteiger partial charge on any atom is 0.502 e. The van der Waals surface area contributed by atoms with E-state index in [9.17, 15) is 26.0 Å². The fourth-order valence-corrected chi connectivity index (χ4v) is 2.45. The molecule has 0 aliphatic rings. The molecule has 2 rings (SSSR count). The van der Waals surface area contributed by atoms with Crippen LogP contribution in [0, 0.1) is 5.82 Å². The lowest BCUT2D eigenvalue weighted by molar-refractivity contribution is -0.0437. The molecule has 1 aromatic heterocycles. The molecule has 0 saturated carbocycles. The molecule has 0 aliphatic carbocycles. The van der Waals surface area contributed by atoms with Crippen molar-refractivity contribution in [2.75, 3.05) is 0 Å². The second-order valence-electron chi connectivity index (χ2n) is 3.96. The fraction of sp³-hybridized carbons (Fsp3) is 0.0833. The summed E-state index contributed by atoms with van der Waals surface area (Å²) in [5.41, 5.74) is -5.59. The number of rotatable bonds is 3. The molecule has 0 atom stereocenters. The van der Waals surface area contributed by atoms with Crippen LogP contribution < -0.4 is 4.74 Å². The maximum atomic E-state index is 13.1. The largest absolute Gasteiger partial charge is 0.502 e.